The van der Waals surface area contributed by atoms with Gasteiger partial charge in [-0.25, -0.2) is 14.2 Å². The van der Waals surface area contributed by atoms with Crippen LogP contribution in [-0.2, 0) is 0 Å². The van der Waals surface area contributed by atoms with Gasteiger partial charge in [-0.15, -0.1) is 11.3 Å². The molecule has 0 amide bonds. The van der Waals surface area contributed by atoms with Gasteiger partial charge < -0.3 is 0 Å². The van der Waals surface area contributed by atoms with Crippen molar-refractivity contribution in [3.05, 3.63) is 56.2 Å². The maximum Gasteiger partial charge on any atom is 0.134 e. The lowest BCUT2D eigenvalue weighted by Crippen LogP contribution is -2.30. The number of benzene rings is 1. The lowest BCUT2D eigenvalue weighted by molar-refractivity contribution is 0.509. The van der Waals surface area contributed by atoms with E-state index in [1.54, 1.807) is 18.4 Å². The molecule has 2 rings (SSSR count). The van der Waals surface area contributed by atoms with Gasteiger partial charge in [-0.1, -0.05) is 17.7 Å². The van der Waals surface area contributed by atoms with Crippen LogP contribution in [0.5, 0.6) is 0 Å². The van der Waals surface area contributed by atoms with E-state index in [0.29, 0.717) is 15.5 Å². The summed E-state index contributed by atoms with van der Waals surface area (Å²) in [6.45, 7) is 1.57. The molecule has 0 aliphatic heterocycles. The number of hydrazine groups is 1. The standard InChI is InChI=1S/C12H11ClF2N2S/c1-6-2-3-8(14)9(10(6)15)11(17-16)12-7(13)4-5-18-12/h2-5,11,17H,16H2,1H3. The molecule has 2 nitrogen and oxygen atoms in total. The number of rotatable bonds is 3. The van der Waals surface area contributed by atoms with Gasteiger partial charge in [0.15, 0.2) is 0 Å². The number of thiophene rings is 1. The van der Waals surface area contributed by atoms with Crippen LogP contribution in [-0.4, -0.2) is 0 Å². The molecule has 6 heteroatoms. The van der Waals surface area contributed by atoms with Crippen LogP contribution in [0.25, 0.3) is 0 Å². The van der Waals surface area contributed by atoms with E-state index in [2.05, 4.69) is 5.43 Å². The van der Waals surface area contributed by atoms with Crippen LogP contribution >= 0.6 is 22.9 Å². The lowest BCUT2D eigenvalue weighted by Gasteiger charge is -2.18. The van der Waals surface area contributed by atoms with Gasteiger partial charge in [-0.2, -0.15) is 0 Å². The lowest BCUT2D eigenvalue weighted by atomic mass is 10.0. The summed E-state index contributed by atoms with van der Waals surface area (Å²) >= 11 is 7.27. The first-order chi connectivity index (χ1) is 8.56. The van der Waals surface area contributed by atoms with Gasteiger partial charge in [0, 0.05) is 10.4 Å². The normalized spacial score (nSPS) is 12.7. The fraction of sp³-hybridized carbons (Fsp3) is 0.167. The van der Waals surface area contributed by atoms with Crippen LogP contribution in [0.3, 0.4) is 0 Å². The van der Waals surface area contributed by atoms with Crippen molar-refractivity contribution >= 4 is 22.9 Å². The van der Waals surface area contributed by atoms with Crippen LogP contribution in [0.1, 0.15) is 22.0 Å². The summed E-state index contributed by atoms with van der Waals surface area (Å²) in [5.74, 6) is 4.16. The van der Waals surface area contributed by atoms with Gasteiger partial charge in [0.1, 0.15) is 11.6 Å². The Morgan fingerprint density at radius 1 is 1.33 bits per heavy atom. The summed E-state index contributed by atoms with van der Waals surface area (Å²) in [6, 6.07) is 3.48. The van der Waals surface area contributed by atoms with Crippen LogP contribution in [0.15, 0.2) is 23.6 Å². The van der Waals surface area contributed by atoms with E-state index >= 15 is 0 Å². The largest absolute Gasteiger partial charge is 0.271 e. The average Bonchev–Trinajstić information content (AvgIpc) is 2.76. The second-order valence-electron chi connectivity index (χ2n) is 3.82. The summed E-state index contributed by atoms with van der Waals surface area (Å²) in [5.41, 5.74) is 2.67. The molecule has 0 radical (unpaired) electrons. The Bertz CT molecular complexity index is 571. The van der Waals surface area contributed by atoms with Crippen LogP contribution < -0.4 is 11.3 Å². The molecular formula is C12H11ClF2N2S. The Morgan fingerprint density at radius 3 is 2.61 bits per heavy atom. The van der Waals surface area contributed by atoms with E-state index < -0.39 is 17.7 Å². The number of hydrogen-bond donors (Lipinski definition) is 2. The monoisotopic (exact) mass is 288 g/mol. The van der Waals surface area contributed by atoms with Crippen molar-refractivity contribution in [1.29, 1.82) is 0 Å². The van der Waals surface area contributed by atoms with Gasteiger partial charge in [0.25, 0.3) is 0 Å². The van der Waals surface area contributed by atoms with Crippen molar-refractivity contribution in [2.75, 3.05) is 0 Å². The molecule has 0 bridgehead atoms. The van der Waals surface area contributed by atoms with E-state index in [4.69, 9.17) is 17.4 Å². The molecule has 1 aromatic heterocycles. The van der Waals surface area contributed by atoms with Gasteiger partial charge in [0.05, 0.1) is 11.1 Å². The summed E-state index contributed by atoms with van der Waals surface area (Å²) < 4.78 is 27.9. The molecule has 0 saturated carbocycles. The molecule has 0 fully saturated rings. The first-order valence-electron chi connectivity index (χ1n) is 5.19. The van der Waals surface area contributed by atoms with Crippen LogP contribution in [0, 0.1) is 18.6 Å². The average molecular weight is 289 g/mol. The minimum Gasteiger partial charge on any atom is -0.271 e. The molecule has 1 unspecified atom stereocenters. The molecule has 18 heavy (non-hydrogen) atoms. The summed E-state index contributed by atoms with van der Waals surface area (Å²) in [4.78, 5) is 0.586. The summed E-state index contributed by atoms with van der Waals surface area (Å²) in [6.07, 6.45) is 0. The predicted octanol–water partition coefficient (Wildman–Crippen LogP) is 3.54. The predicted molar refractivity (Wildman–Crippen MR) is 69.6 cm³/mol. The Labute approximate surface area is 112 Å². The van der Waals surface area contributed by atoms with Crippen molar-refractivity contribution in [2.45, 2.75) is 13.0 Å². The summed E-state index contributed by atoms with van der Waals surface area (Å²) in [7, 11) is 0. The molecule has 1 aromatic carbocycles. The van der Waals surface area contributed by atoms with E-state index in [0.717, 1.165) is 0 Å². The molecule has 0 aliphatic rings. The smallest absolute Gasteiger partial charge is 0.134 e. The topological polar surface area (TPSA) is 38.0 Å². The quantitative estimate of drug-likeness (QED) is 0.670. The van der Waals surface area contributed by atoms with Crippen molar-refractivity contribution in [1.82, 2.24) is 5.43 Å². The second kappa shape index (κ2) is 5.32. The van der Waals surface area contributed by atoms with E-state index in [-0.39, 0.29) is 5.56 Å². The first-order valence-corrected chi connectivity index (χ1v) is 6.45. The third kappa shape index (κ3) is 2.27. The SMILES string of the molecule is Cc1ccc(F)c(C(NN)c2sccc2Cl)c1F. The maximum absolute atomic E-state index is 14.0. The molecule has 96 valence electrons. The summed E-state index contributed by atoms with van der Waals surface area (Å²) in [5, 5.41) is 2.18. The van der Waals surface area contributed by atoms with Gasteiger partial charge in [-0.05, 0) is 30.0 Å². The van der Waals surface area contributed by atoms with E-state index in [1.807, 2.05) is 0 Å². The molecule has 2 aromatic rings. The minimum atomic E-state index is -0.794. The Morgan fingerprint density at radius 2 is 2.06 bits per heavy atom. The van der Waals surface area contributed by atoms with Gasteiger partial charge >= 0.3 is 0 Å². The highest BCUT2D eigenvalue weighted by atomic mass is 35.5. The molecule has 1 heterocycles. The number of hydrogen-bond acceptors (Lipinski definition) is 3. The Kier molecular flexibility index (Phi) is 3.97. The molecule has 1 atom stereocenters. The molecule has 3 N–H and O–H groups in total. The number of nitrogens with one attached hydrogen (secondary N) is 1. The fourth-order valence-electron chi connectivity index (χ4n) is 1.74. The van der Waals surface area contributed by atoms with Crippen molar-refractivity contribution in [3.8, 4) is 0 Å². The maximum atomic E-state index is 14.0. The number of nitrogens with two attached hydrogens (primary N) is 1. The van der Waals surface area contributed by atoms with E-state index in [1.165, 1.54) is 23.5 Å². The first kappa shape index (κ1) is 13.4. The third-order valence-electron chi connectivity index (χ3n) is 2.68. The minimum absolute atomic E-state index is 0.109. The molecule has 0 spiro atoms. The zero-order valence-corrected chi connectivity index (χ0v) is 11.1. The second-order valence-corrected chi connectivity index (χ2v) is 5.18. The molecule has 0 saturated heterocycles. The highest BCUT2D eigenvalue weighted by Crippen LogP contribution is 2.35. The fourth-order valence-corrected chi connectivity index (χ4v) is 2.98. The van der Waals surface area contributed by atoms with Crippen LogP contribution in [0.2, 0.25) is 5.02 Å². The Hall–Kier alpha value is -1.01. The van der Waals surface area contributed by atoms with Crippen molar-refractivity contribution in [3.63, 3.8) is 0 Å². The number of halogens is 3. The highest BCUT2D eigenvalue weighted by Gasteiger charge is 2.24. The van der Waals surface area contributed by atoms with Gasteiger partial charge in [0.2, 0.25) is 0 Å². The van der Waals surface area contributed by atoms with Crippen molar-refractivity contribution < 1.29 is 8.78 Å². The molecule has 0 aliphatic carbocycles. The zero-order chi connectivity index (χ0) is 13.3. The number of aryl methyl sites for hydroxylation is 1. The van der Waals surface area contributed by atoms with Crippen LogP contribution in [0.4, 0.5) is 8.78 Å². The zero-order valence-electron chi connectivity index (χ0n) is 9.51. The van der Waals surface area contributed by atoms with E-state index in [9.17, 15) is 8.78 Å². The molecular weight excluding hydrogens is 278 g/mol. The Balaban J connectivity index is 2.59. The third-order valence-corrected chi connectivity index (χ3v) is 4.11. The van der Waals surface area contributed by atoms with Crippen molar-refractivity contribution in [2.24, 2.45) is 5.84 Å². The van der Waals surface area contributed by atoms with Gasteiger partial charge in [-0.3, -0.25) is 5.84 Å². The highest BCUT2D eigenvalue weighted by molar-refractivity contribution is 7.10.